The molecule has 4 nitrogen and oxygen atoms in total. The molecular formula is C16H24N2O2. The number of hydrogen-bond donors (Lipinski definition) is 2. The van der Waals surface area contributed by atoms with Gasteiger partial charge < -0.3 is 15.8 Å². The lowest BCUT2D eigenvalue weighted by atomic mass is 9.83. The van der Waals surface area contributed by atoms with Crippen molar-refractivity contribution in [2.24, 2.45) is 11.8 Å². The molecule has 20 heavy (non-hydrogen) atoms. The summed E-state index contributed by atoms with van der Waals surface area (Å²) in [5, 5.41) is 3.00. The minimum atomic E-state index is -0.140. The standard InChI is InChI=1S/C16H24N2O2/c1-11-6-8-12(9-7-11)10-18-16(19)15-13(17)4-3-5-14(15)20-2/h3-5,11-12H,6-10,17H2,1-2H3,(H,18,19). The summed E-state index contributed by atoms with van der Waals surface area (Å²) in [4.78, 5) is 12.3. The van der Waals surface area contributed by atoms with Crippen LogP contribution in [0.5, 0.6) is 5.75 Å². The number of benzene rings is 1. The van der Waals surface area contributed by atoms with Crippen molar-refractivity contribution in [2.45, 2.75) is 32.6 Å². The van der Waals surface area contributed by atoms with Gasteiger partial charge in [0.2, 0.25) is 0 Å². The number of anilines is 1. The molecule has 2 rings (SSSR count). The van der Waals surface area contributed by atoms with Gasteiger partial charge in [-0.1, -0.05) is 25.8 Å². The molecule has 0 saturated heterocycles. The number of hydrogen-bond acceptors (Lipinski definition) is 3. The summed E-state index contributed by atoms with van der Waals surface area (Å²) in [6, 6.07) is 5.26. The molecule has 110 valence electrons. The topological polar surface area (TPSA) is 64.3 Å². The lowest BCUT2D eigenvalue weighted by molar-refractivity contribution is 0.0940. The number of carbonyl (C=O) groups is 1. The first-order valence-corrected chi connectivity index (χ1v) is 7.32. The van der Waals surface area contributed by atoms with Gasteiger partial charge in [0.25, 0.3) is 5.91 Å². The molecule has 1 aliphatic carbocycles. The number of ether oxygens (including phenoxy) is 1. The summed E-state index contributed by atoms with van der Waals surface area (Å²) in [7, 11) is 1.55. The van der Waals surface area contributed by atoms with Crippen molar-refractivity contribution in [3.63, 3.8) is 0 Å². The van der Waals surface area contributed by atoms with Crippen LogP contribution in [-0.4, -0.2) is 19.6 Å². The number of amides is 1. The zero-order valence-corrected chi connectivity index (χ0v) is 12.3. The molecular weight excluding hydrogens is 252 g/mol. The molecule has 0 heterocycles. The van der Waals surface area contributed by atoms with Crippen molar-refractivity contribution in [3.8, 4) is 5.75 Å². The summed E-state index contributed by atoms with van der Waals surface area (Å²) >= 11 is 0. The van der Waals surface area contributed by atoms with Crippen LogP contribution in [0.1, 0.15) is 43.0 Å². The van der Waals surface area contributed by atoms with E-state index in [2.05, 4.69) is 12.2 Å². The molecule has 0 unspecified atom stereocenters. The van der Waals surface area contributed by atoms with E-state index in [9.17, 15) is 4.79 Å². The van der Waals surface area contributed by atoms with Crippen LogP contribution in [0.15, 0.2) is 18.2 Å². The Labute approximate surface area is 120 Å². The Morgan fingerprint density at radius 3 is 2.70 bits per heavy atom. The second kappa shape index (κ2) is 6.64. The van der Waals surface area contributed by atoms with E-state index >= 15 is 0 Å². The van der Waals surface area contributed by atoms with E-state index in [-0.39, 0.29) is 5.91 Å². The maximum Gasteiger partial charge on any atom is 0.257 e. The van der Waals surface area contributed by atoms with Gasteiger partial charge in [0, 0.05) is 12.2 Å². The lowest BCUT2D eigenvalue weighted by Gasteiger charge is -2.26. The van der Waals surface area contributed by atoms with Crippen LogP contribution < -0.4 is 15.8 Å². The second-order valence-corrected chi connectivity index (χ2v) is 5.76. The van der Waals surface area contributed by atoms with Crippen LogP contribution in [0.3, 0.4) is 0 Å². The third kappa shape index (κ3) is 3.44. The molecule has 0 spiro atoms. The van der Waals surface area contributed by atoms with Crippen LogP contribution >= 0.6 is 0 Å². The first-order valence-electron chi connectivity index (χ1n) is 7.32. The molecule has 1 aromatic rings. The van der Waals surface area contributed by atoms with E-state index in [1.807, 2.05) is 0 Å². The van der Waals surface area contributed by atoms with Crippen LogP contribution in [0.2, 0.25) is 0 Å². The molecule has 3 N–H and O–H groups in total. The summed E-state index contributed by atoms with van der Waals surface area (Å²) < 4.78 is 5.21. The highest BCUT2D eigenvalue weighted by molar-refractivity contribution is 6.01. The SMILES string of the molecule is COc1cccc(N)c1C(=O)NCC1CCC(C)CC1. The van der Waals surface area contributed by atoms with E-state index in [0.717, 1.165) is 12.5 Å². The van der Waals surface area contributed by atoms with E-state index < -0.39 is 0 Å². The van der Waals surface area contributed by atoms with Crippen molar-refractivity contribution in [1.29, 1.82) is 0 Å². The minimum absolute atomic E-state index is 0.140. The Kier molecular flexibility index (Phi) is 4.88. The van der Waals surface area contributed by atoms with Gasteiger partial charge in [-0.2, -0.15) is 0 Å². The zero-order chi connectivity index (χ0) is 14.5. The monoisotopic (exact) mass is 276 g/mol. The lowest BCUT2D eigenvalue weighted by Crippen LogP contribution is -2.31. The molecule has 0 aromatic heterocycles. The fraction of sp³-hybridized carbons (Fsp3) is 0.562. The minimum Gasteiger partial charge on any atom is -0.496 e. The van der Waals surface area contributed by atoms with Crippen LogP contribution in [0.25, 0.3) is 0 Å². The Morgan fingerprint density at radius 2 is 2.05 bits per heavy atom. The predicted octanol–water partition coefficient (Wildman–Crippen LogP) is 2.83. The predicted molar refractivity (Wildman–Crippen MR) is 80.9 cm³/mol. The molecule has 1 saturated carbocycles. The summed E-state index contributed by atoms with van der Waals surface area (Å²) in [6.07, 6.45) is 4.92. The van der Waals surface area contributed by atoms with E-state index in [1.165, 1.54) is 25.7 Å². The first-order chi connectivity index (χ1) is 9.61. The number of nitrogen functional groups attached to an aromatic ring is 1. The smallest absolute Gasteiger partial charge is 0.257 e. The van der Waals surface area contributed by atoms with Gasteiger partial charge in [0.1, 0.15) is 11.3 Å². The highest BCUT2D eigenvalue weighted by Crippen LogP contribution is 2.28. The van der Waals surface area contributed by atoms with E-state index in [4.69, 9.17) is 10.5 Å². The fourth-order valence-electron chi connectivity index (χ4n) is 2.82. The molecule has 0 aliphatic heterocycles. The Hall–Kier alpha value is -1.71. The largest absolute Gasteiger partial charge is 0.496 e. The molecule has 1 fully saturated rings. The van der Waals surface area contributed by atoms with Crippen molar-refractivity contribution in [2.75, 3.05) is 19.4 Å². The highest BCUT2D eigenvalue weighted by Gasteiger charge is 2.20. The van der Waals surface area contributed by atoms with E-state index in [1.54, 1.807) is 25.3 Å². The maximum atomic E-state index is 12.3. The van der Waals surface area contributed by atoms with Crippen molar-refractivity contribution in [3.05, 3.63) is 23.8 Å². The van der Waals surface area contributed by atoms with Crippen molar-refractivity contribution in [1.82, 2.24) is 5.32 Å². The van der Waals surface area contributed by atoms with Gasteiger partial charge in [-0.15, -0.1) is 0 Å². The van der Waals surface area contributed by atoms with Crippen molar-refractivity contribution >= 4 is 11.6 Å². The average molecular weight is 276 g/mol. The van der Waals surface area contributed by atoms with Crippen LogP contribution in [0.4, 0.5) is 5.69 Å². The number of rotatable bonds is 4. The molecule has 0 atom stereocenters. The van der Waals surface area contributed by atoms with E-state index in [0.29, 0.717) is 22.9 Å². The third-order valence-corrected chi connectivity index (χ3v) is 4.19. The number of nitrogens with one attached hydrogen (secondary N) is 1. The molecule has 1 aromatic carbocycles. The third-order valence-electron chi connectivity index (χ3n) is 4.19. The molecule has 0 bridgehead atoms. The molecule has 4 heteroatoms. The first kappa shape index (κ1) is 14.7. The Morgan fingerprint density at radius 1 is 1.35 bits per heavy atom. The highest BCUT2D eigenvalue weighted by atomic mass is 16.5. The quantitative estimate of drug-likeness (QED) is 0.831. The van der Waals surface area contributed by atoms with Crippen molar-refractivity contribution < 1.29 is 9.53 Å². The van der Waals surface area contributed by atoms with Gasteiger partial charge in [-0.3, -0.25) is 4.79 Å². The average Bonchev–Trinajstić information content (AvgIpc) is 2.46. The molecule has 1 aliphatic rings. The van der Waals surface area contributed by atoms with Gasteiger partial charge in [0.05, 0.1) is 7.11 Å². The zero-order valence-electron chi connectivity index (χ0n) is 12.3. The summed E-state index contributed by atoms with van der Waals surface area (Å²) in [5.41, 5.74) is 6.79. The van der Waals surface area contributed by atoms with Crippen LogP contribution in [-0.2, 0) is 0 Å². The number of carbonyl (C=O) groups excluding carboxylic acids is 1. The molecule has 1 amide bonds. The fourth-order valence-corrected chi connectivity index (χ4v) is 2.82. The van der Waals surface area contributed by atoms with Gasteiger partial charge in [0.15, 0.2) is 0 Å². The summed E-state index contributed by atoms with van der Waals surface area (Å²) in [6.45, 7) is 3.02. The summed E-state index contributed by atoms with van der Waals surface area (Å²) in [5.74, 6) is 1.80. The Balaban J connectivity index is 1.95. The molecule has 0 radical (unpaired) electrons. The maximum absolute atomic E-state index is 12.3. The number of methoxy groups -OCH3 is 1. The van der Waals surface area contributed by atoms with Gasteiger partial charge >= 0.3 is 0 Å². The van der Waals surface area contributed by atoms with Gasteiger partial charge in [-0.05, 0) is 36.8 Å². The normalized spacial score (nSPS) is 22.3. The second-order valence-electron chi connectivity index (χ2n) is 5.76. The van der Waals surface area contributed by atoms with Crippen LogP contribution in [0, 0.1) is 11.8 Å². The Bertz CT molecular complexity index is 466. The number of nitrogens with two attached hydrogens (primary N) is 1. The van der Waals surface area contributed by atoms with Gasteiger partial charge in [-0.25, -0.2) is 0 Å².